The predicted molar refractivity (Wildman–Crippen MR) is 77.6 cm³/mol. The highest BCUT2D eigenvalue weighted by molar-refractivity contribution is 9.10. The highest BCUT2D eigenvalue weighted by atomic mass is 79.9. The number of hydrogen-bond acceptors (Lipinski definition) is 4. The van der Waals surface area contributed by atoms with Gasteiger partial charge in [-0.2, -0.15) is 0 Å². The second-order valence-electron chi connectivity index (χ2n) is 5.05. The summed E-state index contributed by atoms with van der Waals surface area (Å²) < 4.78 is 11.4. The van der Waals surface area contributed by atoms with E-state index in [1.165, 1.54) is 0 Å². The molecule has 106 valence electrons. The molecule has 0 amide bonds. The van der Waals surface area contributed by atoms with E-state index in [2.05, 4.69) is 15.9 Å². The summed E-state index contributed by atoms with van der Waals surface area (Å²) >= 11 is 3.47. The molecule has 0 heterocycles. The van der Waals surface area contributed by atoms with Crippen molar-refractivity contribution < 1.29 is 14.6 Å². The van der Waals surface area contributed by atoms with Gasteiger partial charge in [0.15, 0.2) is 0 Å². The SMILES string of the molecule is COc1ccc(C2(O)CCCC(N)C2)c(OC)c1Br. The first-order valence-electron chi connectivity index (χ1n) is 6.40. The van der Waals surface area contributed by atoms with Crippen LogP contribution in [0.25, 0.3) is 0 Å². The minimum atomic E-state index is -0.919. The molecule has 2 rings (SSSR count). The smallest absolute Gasteiger partial charge is 0.142 e. The minimum Gasteiger partial charge on any atom is -0.495 e. The van der Waals surface area contributed by atoms with E-state index in [0.717, 1.165) is 22.9 Å². The second kappa shape index (κ2) is 5.69. The van der Waals surface area contributed by atoms with Crippen molar-refractivity contribution in [2.45, 2.75) is 37.3 Å². The molecular weight excluding hydrogens is 310 g/mol. The Kier molecular flexibility index (Phi) is 4.38. The number of rotatable bonds is 3. The average molecular weight is 330 g/mol. The van der Waals surface area contributed by atoms with Gasteiger partial charge in [-0.25, -0.2) is 0 Å². The maximum absolute atomic E-state index is 10.9. The van der Waals surface area contributed by atoms with E-state index in [0.29, 0.717) is 24.3 Å². The lowest BCUT2D eigenvalue weighted by Crippen LogP contribution is -2.39. The lowest BCUT2D eigenvalue weighted by Gasteiger charge is -2.36. The number of hydrogen-bond donors (Lipinski definition) is 2. The van der Waals surface area contributed by atoms with Crippen LogP contribution in [0.1, 0.15) is 31.2 Å². The molecule has 1 aliphatic carbocycles. The molecule has 1 aromatic rings. The van der Waals surface area contributed by atoms with Gasteiger partial charge in [0.05, 0.1) is 19.8 Å². The predicted octanol–water partition coefficient (Wildman–Crippen LogP) is 2.56. The third-order valence-corrected chi connectivity index (χ3v) is 4.50. The minimum absolute atomic E-state index is 0.0318. The van der Waals surface area contributed by atoms with Crippen LogP contribution in [0, 0.1) is 0 Å². The highest BCUT2D eigenvalue weighted by Crippen LogP contribution is 2.46. The molecule has 0 spiro atoms. The zero-order chi connectivity index (χ0) is 14.0. The molecule has 1 fully saturated rings. The Labute approximate surface area is 122 Å². The van der Waals surface area contributed by atoms with Gasteiger partial charge in [0.25, 0.3) is 0 Å². The summed E-state index contributed by atoms with van der Waals surface area (Å²) in [6, 6.07) is 3.73. The van der Waals surface area contributed by atoms with Crippen molar-refractivity contribution in [3.63, 3.8) is 0 Å². The monoisotopic (exact) mass is 329 g/mol. The van der Waals surface area contributed by atoms with Gasteiger partial charge >= 0.3 is 0 Å². The second-order valence-corrected chi connectivity index (χ2v) is 5.84. The van der Waals surface area contributed by atoms with Crippen molar-refractivity contribution >= 4 is 15.9 Å². The lowest BCUT2D eigenvalue weighted by atomic mass is 9.77. The average Bonchev–Trinajstić information content (AvgIpc) is 2.38. The van der Waals surface area contributed by atoms with Gasteiger partial charge in [-0.05, 0) is 53.7 Å². The van der Waals surface area contributed by atoms with Crippen LogP contribution in [0.5, 0.6) is 11.5 Å². The van der Waals surface area contributed by atoms with Crippen molar-refractivity contribution in [3.05, 3.63) is 22.2 Å². The molecule has 0 bridgehead atoms. The van der Waals surface area contributed by atoms with Crippen LogP contribution >= 0.6 is 15.9 Å². The number of benzene rings is 1. The Morgan fingerprint density at radius 1 is 1.37 bits per heavy atom. The molecule has 0 saturated heterocycles. The maximum atomic E-state index is 10.9. The number of nitrogens with two attached hydrogens (primary N) is 1. The normalized spacial score (nSPS) is 27.1. The van der Waals surface area contributed by atoms with Crippen LogP contribution in [-0.2, 0) is 5.60 Å². The molecule has 0 aromatic heterocycles. The van der Waals surface area contributed by atoms with Crippen LogP contribution in [0.2, 0.25) is 0 Å². The first-order valence-corrected chi connectivity index (χ1v) is 7.20. The number of aliphatic hydroxyl groups is 1. The van der Waals surface area contributed by atoms with E-state index in [1.807, 2.05) is 12.1 Å². The Bertz CT molecular complexity index is 466. The molecule has 1 aromatic carbocycles. The molecule has 3 N–H and O–H groups in total. The van der Waals surface area contributed by atoms with E-state index < -0.39 is 5.60 Å². The fraction of sp³-hybridized carbons (Fsp3) is 0.571. The van der Waals surface area contributed by atoms with Crippen LogP contribution in [-0.4, -0.2) is 25.4 Å². The van der Waals surface area contributed by atoms with Crippen molar-refractivity contribution in [2.24, 2.45) is 5.73 Å². The zero-order valence-corrected chi connectivity index (χ0v) is 12.9. The first-order chi connectivity index (χ1) is 9.01. The van der Waals surface area contributed by atoms with Gasteiger partial charge in [0, 0.05) is 11.6 Å². The zero-order valence-electron chi connectivity index (χ0n) is 11.3. The summed E-state index contributed by atoms with van der Waals surface area (Å²) in [5.41, 5.74) is 5.85. The first kappa shape index (κ1) is 14.6. The van der Waals surface area contributed by atoms with Crippen molar-refractivity contribution in [3.8, 4) is 11.5 Å². The Morgan fingerprint density at radius 3 is 2.68 bits per heavy atom. The molecule has 1 saturated carbocycles. The fourth-order valence-corrected chi connectivity index (χ4v) is 3.47. The molecule has 4 nitrogen and oxygen atoms in total. The molecule has 19 heavy (non-hydrogen) atoms. The molecule has 1 aliphatic rings. The van der Waals surface area contributed by atoms with E-state index in [9.17, 15) is 5.11 Å². The summed E-state index contributed by atoms with van der Waals surface area (Å²) in [5.74, 6) is 1.31. The van der Waals surface area contributed by atoms with Crippen LogP contribution in [0.3, 0.4) is 0 Å². The molecular formula is C14H20BrNO3. The van der Waals surface area contributed by atoms with Crippen LogP contribution < -0.4 is 15.2 Å². The number of halogens is 1. The van der Waals surface area contributed by atoms with Crippen molar-refractivity contribution in [1.29, 1.82) is 0 Å². The van der Waals surface area contributed by atoms with Gasteiger partial charge in [-0.15, -0.1) is 0 Å². The summed E-state index contributed by atoms with van der Waals surface area (Å²) in [6.45, 7) is 0. The molecule has 0 aliphatic heterocycles. The van der Waals surface area contributed by atoms with Gasteiger partial charge in [0.2, 0.25) is 0 Å². The summed E-state index contributed by atoms with van der Waals surface area (Å²) in [7, 11) is 3.19. The Balaban J connectivity index is 2.46. The molecule has 5 heteroatoms. The Hall–Kier alpha value is -0.780. The molecule has 2 unspecified atom stereocenters. The highest BCUT2D eigenvalue weighted by Gasteiger charge is 2.37. The standard InChI is InChI=1S/C14H20BrNO3/c1-18-11-6-5-10(13(19-2)12(11)15)14(17)7-3-4-9(16)8-14/h5-6,9,17H,3-4,7-8,16H2,1-2H3. The lowest BCUT2D eigenvalue weighted by molar-refractivity contribution is -0.00913. The number of methoxy groups -OCH3 is 2. The number of ether oxygens (including phenoxy) is 2. The van der Waals surface area contributed by atoms with Gasteiger partial charge < -0.3 is 20.3 Å². The fourth-order valence-electron chi connectivity index (χ4n) is 2.80. The third kappa shape index (κ3) is 2.73. The summed E-state index contributed by atoms with van der Waals surface area (Å²) in [5, 5.41) is 10.9. The van der Waals surface area contributed by atoms with E-state index in [4.69, 9.17) is 15.2 Å². The molecule has 0 radical (unpaired) electrons. The van der Waals surface area contributed by atoms with E-state index >= 15 is 0 Å². The maximum Gasteiger partial charge on any atom is 0.142 e. The van der Waals surface area contributed by atoms with E-state index in [-0.39, 0.29) is 6.04 Å². The van der Waals surface area contributed by atoms with Gasteiger partial charge in [-0.1, -0.05) is 0 Å². The Morgan fingerprint density at radius 2 is 2.11 bits per heavy atom. The van der Waals surface area contributed by atoms with Crippen LogP contribution in [0.4, 0.5) is 0 Å². The largest absolute Gasteiger partial charge is 0.495 e. The van der Waals surface area contributed by atoms with E-state index in [1.54, 1.807) is 14.2 Å². The quantitative estimate of drug-likeness (QED) is 0.894. The third-order valence-electron chi connectivity index (χ3n) is 3.75. The topological polar surface area (TPSA) is 64.7 Å². The van der Waals surface area contributed by atoms with Gasteiger partial charge in [0.1, 0.15) is 16.0 Å². The van der Waals surface area contributed by atoms with Crippen molar-refractivity contribution in [2.75, 3.05) is 14.2 Å². The van der Waals surface area contributed by atoms with Gasteiger partial charge in [-0.3, -0.25) is 0 Å². The summed E-state index contributed by atoms with van der Waals surface area (Å²) in [4.78, 5) is 0. The van der Waals surface area contributed by atoms with Crippen LogP contribution in [0.15, 0.2) is 16.6 Å². The summed E-state index contributed by atoms with van der Waals surface area (Å²) in [6.07, 6.45) is 3.14. The van der Waals surface area contributed by atoms with Crippen molar-refractivity contribution in [1.82, 2.24) is 0 Å². The molecule has 2 atom stereocenters.